The summed E-state index contributed by atoms with van der Waals surface area (Å²) >= 11 is 0. The predicted molar refractivity (Wildman–Crippen MR) is 124 cm³/mol. The van der Waals surface area contributed by atoms with E-state index in [1.54, 1.807) is 24.7 Å². The maximum atomic E-state index is 13.1. The van der Waals surface area contributed by atoms with Crippen molar-refractivity contribution >= 4 is 17.1 Å². The van der Waals surface area contributed by atoms with Crippen molar-refractivity contribution in [3.63, 3.8) is 0 Å². The van der Waals surface area contributed by atoms with Crippen LogP contribution in [0.1, 0.15) is 58.6 Å². The van der Waals surface area contributed by atoms with E-state index in [1.165, 1.54) is 0 Å². The maximum Gasteiger partial charge on any atom is 0.157 e. The Bertz CT molecular complexity index is 1230. The van der Waals surface area contributed by atoms with Crippen LogP contribution in [0.4, 0.5) is 5.82 Å². The number of rotatable bonds is 3. The zero-order chi connectivity index (χ0) is 23.3. The Labute approximate surface area is 189 Å². The van der Waals surface area contributed by atoms with Gasteiger partial charge < -0.3 is 4.90 Å². The lowest BCUT2D eigenvalue weighted by molar-refractivity contribution is -0.137. The van der Waals surface area contributed by atoms with Crippen LogP contribution in [0.3, 0.4) is 0 Å². The van der Waals surface area contributed by atoms with Crippen LogP contribution in [0, 0.1) is 29.1 Å². The molecule has 166 valence electrons. The Morgan fingerprint density at radius 1 is 1.28 bits per heavy atom. The van der Waals surface area contributed by atoms with E-state index in [1.807, 2.05) is 38.3 Å². The van der Waals surface area contributed by atoms with Crippen molar-refractivity contribution in [1.82, 2.24) is 19.6 Å². The zero-order valence-corrected chi connectivity index (χ0v) is 19.7. The molecule has 0 aromatic carbocycles. The van der Waals surface area contributed by atoms with Crippen molar-refractivity contribution in [2.75, 3.05) is 11.4 Å². The highest BCUT2D eigenvalue weighted by Crippen LogP contribution is 2.42. The number of aromatic nitrogens is 4. The second kappa shape index (κ2) is 7.70. The average Bonchev–Trinajstić information content (AvgIpc) is 3.10. The molecule has 3 aromatic heterocycles. The number of ketones is 1. The normalized spacial score (nSPS) is 21.5. The molecule has 32 heavy (non-hydrogen) atoms. The summed E-state index contributed by atoms with van der Waals surface area (Å²) in [5.41, 5.74) is 3.39. The monoisotopic (exact) mass is 430 g/mol. The van der Waals surface area contributed by atoms with Crippen LogP contribution in [0.5, 0.6) is 0 Å². The number of aryl methyl sites for hydroxylation is 1. The van der Waals surface area contributed by atoms with Crippen LogP contribution >= 0.6 is 0 Å². The quantitative estimate of drug-likeness (QED) is 0.604. The summed E-state index contributed by atoms with van der Waals surface area (Å²) in [4.78, 5) is 24.5. The first-order valence-electron chi connectivity index (χ1n) is 11.1. The molecule has 0 aliphatic carbocycles. The highest BCUT2D eigenvalue weighted by molar-refractivity contribution is 5.89. The van der Waals surface area contributed by atoms with Crippen LogP contribution in [-0.4, -0.2) is 38.0 Å². The van der Waals surface area contributed by atoms with Crippen molar-refractivity contribution < 1.29 is 4.79 Å². The van der Waals surface area contributed by atoms with E-state index < -0.39 is 0 Å². The number of nitrogens with zero attached hydrogens (tertiary/aromatic N) is 6. The molecule has 3 aromatic rings. The third-order valence-corrected chi connectivity index (χ3v) is 6.56. The number of pyridine rings is 1. The third kappa shape index (κ3) is 3.64. The molecule has 1 aliphatic rings. The average molecular weight is 431 g/mol. The van der Waals surface area contributed by atoms with Gasteiger partial charge in [-0.15, -0.1) is 0 Å². The number of nitriles is 1. The Kier molecular flexibility index (Phi) is 5.28. The van der Waals surface area contributed by atoms with Gasteiger partial charge in [0.2, 0.25) is 0 Å². The van der Waals surface area contributed by atoms with Gasteiger partial charge in [0.25, 0.3) is 0 Å². The summed E-state index contributed by atoms with van der Waals surface area (Å²) in [6, 6.07) is 7.84. The maximum absolute atomic E-state index is 13.1. The van der Waals surface area contributed by atoms with Gasteiger partial charge in [0.1, 0.15) is 17.6 Å². The Morgan fingerprint density at radius 2 is 2.03 bits per heavy atom. The van der Waals surface area contributed by atoms with Gasteiger partial charge in [-0.05, 0) is 50.5 Å². The minimum Gasteiger partial charge on any atom is -0.352 e. The fraction of sp³-hybridized carbons (Fsp3) is 0.480. The van der Waals surface area contributed by atoms with Crippen LogP contribution < -0.4 is 4.90 Å². The molecule has 1 aliphatic heterocycles. The first-order valence-corrected chi connectivity index (χ1v) is 11.1. The third-order valence-electron chi connectivity index (χ3n) is 6.56. The molecule has 0 bridgehead atoms. The molecule has 4 heterocycles. The number of Topliss-reactive ketones (excluding diaryl/α,β-unsaturated/α-hetero) is 1. The first kappa shape index (κ1) is 21.9. The Hall–Kier alpha value is -3.27. The second-order valence-electron chi connectivity index (χ2n) is 10.2. The Morgan fingerprint density at radius 3 is 2.69 bits per heavy atom. The summed E-state index contributed by atoms with van der Waals surface area (Å²) in [5.74, 6) is 1.20. The van der Waals surface area contributed by atoms with E-state index in [0.717, 1.165) is 42.0 Å². The van der Waals surface area contributed by atoms with Gasteiger partial charge in [0.05, 0.1) is 23.0 Å². The van der Waals surface area contributed by atoms with Crippen molar-refractivity contribution in [2.24, 2.45) is 10.8 Å². The largest absolute Gasteiger partial charge is 0.352 e. The fourth-order valence-corrected chi connectivity index (χ4v) is 5.12. The van der Waals surface area contributed by atoms with Crippen molar-refractivity contribution in [3.8, 4) is 17.5 Å². The minimum absolute atomic E-state index is 0.163. The standard InChI is InChI=1S/C25H30N6O/c1-16-11-20(19-12-18(14-26)7-9-27-19)31-21(16)22(28-15-29-31)30-10-8-25(6,13-17(30)2)23(32)24(3,4)5/h7,9,11-12,15,17H,8,10,13H2,1-6H3/t17-,25-/m0/s1. The molecule has 0 saturated carbocycles. The van der Waals surface area contributed by atoms with Crippen LogP contribution in [0.2, 0.25) is 0 Å². The van der Waals surface area contributed by atoms with Gasteiger partial charge in [-0.3, -0.25) is 9.78 Å². The number of hydrogen-bond acceptors (Lipinski definition) is 6. The zero-order valence-electron chi connectivity index (χ0n) is 19.7. The first-order chi connectivity index (χ1) is 15.0. The molecule has 0 spiro atoms. The second-order valence-corrected chi connectivity index (χ2v) is 10.2. The lowest BCUT2D eigenvalue weighted by Crippen LogP contribution is -2.50. The number of carbonyl (C=O) groups excluding carboxylic acids is 1. The van der Waals surface area contributed by atoms with E-state index in [0.29, 0.717) is 17.0 Å². The van der Waals surface area contributed by atoms with Gasteiger partial charge in [-0.25, -0.2) is 9.50 Å². The number of anilines is 1. The van der Waals surface area contributed by atoms with E-state index in [9.17, 15) is 10.1 Å². The van der Waals surface area contributed by atoms with Crippen molar-refractivity contribution in [3.05, 3.63) is 41.9 Å². The molecule has 0 unspecified atom stereocenters. The number of fused-ring (bicyclic) bond motifs is 1. The van der Waals surface area contributed by atoms with Crippen molar-refractivity contribution in [1.29, 1.82) is 5.26 Å². The summed E-state index contributed by atoms with van der Waals surface area (Å²) in [5, 5.41) is 13.8. The Balaban J connectivity index is 1.73. The lowest BCUT2D eigenvalue weighted by Gasteiger charge is -2.45. The topological polar surface area (TPSA) is 87.2 Å². The number of hydrogen-bond donors (Lipinski definition) is 0. The van der Waals surface area contributed by atoms with Gasteiger partial charge in [0.15, 0.2) is 5.82 Å². The molecular weight excluding hydrogens is 400 g/mol. The SMILES string of the molecule is Cc1cc(-c2cc(C#N)ccn2)n2ncnc(N3CC[C@](C)(C(=O)C(C)(C)C)C[C@@H]3C)c12. The van der Waals surface area contributed by atoms with Gasteiger partial charge in [0, 0.05) is 29.6 Å². The minimum atomic E-state index is -0.350. The smallest absolute Gasteiger partial charge is 0.157 e. The number of piperidine rings is 1. The van der Waals surface area contributed by atoms with E-state index in [-0.39, 0.29) is 16.9 Å². The predicted octanol–water partition coefficient (Wildman–Crippen LogP) is 4.58. The number of carbonyl (C=O) groups is 1. The van der Waals surface area contributed by atoms with Gasteiger partial charge in [-0.1, -0.05) is 27.7 Å². The molecular formula is C25H30N6O. The van der Waals surface area contributed by atoms with Crippen LogP contribution in [-0.2, 0) is 4.79 Å². The highest BCUT2D eigenvalue weighted by Gasteiger charge is 2.44. The lowest BCUT2D eigenvalue weighted by atomic mass is 9.67. The fourth-order valence-electron chi connectivity index (χ4n) is 5.12. The van der Waals surface area contributed by atoms with E-state index in [2.05, 4.69) is 39.9 Å². The van der Waals surface area contributed by atoms with Gasteiger partial charge in [-0.2, -0.15) is 10.4 Å². The molecule has 0 N–H and O–H groups in total. The molecule has 2 atom stereocenters. The highest BCUT2D eigenvalue weighted by atomic mass is 16.1. The van der Waals surface area contributed by atoms with E-state index >= 15 is 0 Å². The summed E-state index contributed by atoms with van der Waals surface area (Å²) in [6.07, 6.45) is 4.80. The molecule has 0 radical (unpaired) electrons. The van der Waals surface area contributed by atoms with Gasteiger partial charge >= 0.3 is 0 Å². The van der Waals surface area contributed by atoms with Crippen LogP contribution in [0.15, 0.2) is 30.7 Å². The molecule has 7 nitrogen and oxygen atoms in total. The summed E-state index contributed by atoms with van der Waals surface area (Å²) < 4.78 is 1.86. The summed E-state index contributed by atoms with van der Waals surface area (Å²) in [7, 11) is 0. The molecule has 7 heteroatoms. The van der Waals surface area contributed by atoms with Crippen molar-refractivity contribution in [2.45, 2.75) is 60.4 Å². The summed E-state index contributed by atoms with van der Waals surface area (Å²) in [6.45, 7) is 13.1. The van der Waals surface area contributed by atoms with Crippen LogP contribution in [0.25, 0.3) is 16.9 Å². The molecule has 4 rings (SSSR count). The molecule has 0 amide bonds. The molecule has 1 saturated heterocycles. The molecule has 1 fully saturated rings. The van der Waals surface area contributed by atoms with E-state index in [4.69, 9.17) is 0 Å².